The first kappa shape index (κ1) is 19.2. The van der Waals surface area contributed by atoms with Crippen molar-refractivity contribution in [1.29, 1.82) is 0 Å². The van der Waals surface area contributed by atoms with Gasteiger partial charge < -0.3 is 5.32 Å². The number of carbonyl (C=O) groups is 2. The molecule has 2 rings (SSSR count). The predicted octanol–water partition coefficient (Wildman–Crippen LogP) is 2.22. The maximum atomic E-state index is 13.6. The Morgan fingerprint density at radius 2 is 1.80 bits per heavy atom. The summed E-state index contributed by atoms with van der Waals surface area (Å²) >= 11 is 11.7. The molecular formula is C17H17Cl2FN3O2+. The Kier molecular flexibility index (Phi) is 6.75. The summed E-state index contributed by atoms with van der Waals surface area (Å²) in [5.41, 5.74) is 5.62. The van der Waals surface area contributed by atoms with Gasteiger partial charge in [-0.25, -0.2) is 4.39 Å². The molecular weight excluding hydrogens is 368 g/mol. The minimum absolute atomic E-state index is 0.0246. The first-order valence-corrected chi connectivity index (χ1v) is 8.26. The fourth-order valence-corrected chi connectivity index (χ4v) is 2.69. The summed E-state index contributed by atoms with van der Waals surface area (Å²) in [4.78, 5) is 23.7. The molecule has 8 heteroatoms. The van der Waals surface area contributed by atoms with Gasteiger partial charge in [-0.15, -0.1) is 0 Å². The van der Waals surface area contributed by atoms with E-state index in [1.54, 1.807) is 42.6 Å². The third kappa shape index (κ3) is 5.42. The van der Waals surface area contributed by atoms with E-state index in [1.165, 1.54) is 12.1 Å². The Balaban J connectivity index is 1.83. The highest BCUT2D eigenvalue weighted by Crippen LogP contribution is 2.27. The van der Waals surface area contributed by atoms with Gasteiger partial charge in [0.2, 0.25) is 0 Å². The summed E-state index contributed by atoms with van der Waals surface area (Å²) in [6.45, 7) is 1.81. The molecule has 0 saturated heterocycles. The summed E-state index contributed by atoms with van der Waals surface area (Å²) < 4.78 is 13.6. The number of halogens is 3. The van der Waals surface area contributed by atoms with Gasteiger partial charge in [-0.2, -0.15) is 0 Å². The minimum Gasteiger partial charge on any atom is -0.332 e. The highest BCUT2D eigenvalue weighted by molar-refractivity contribution is 6.35. The lowest BCUT2D eigenvalue weighted by Crippen LogP contribution is -2.87. The van der Waals surface area contributed by atoms with Gasteiger partial charge in [0.25, 0.3) is 11.8 Å². The molecule has 4 N–H and O–H groups in total. The number of hydrogen-bond donors (Lipinski definition) is 3. The maximum Gasteiger partial charge on any atom is 0.293 e. The summed E-state index contributed by atoms with van der Waals surface area (Å²) in [7, 11) is 0. The van der Waals surface area contributed by atoms with E-state index in [-0.39, 0.29) is 17.6 Å². The van der Waals surface area contributed by atoms with Crippen molar-refractivity contribution in [2.24, 2.45) is 0 Å². The zero-order chi connectivity index (χ0) is 18.4. The molecule has 0 aliphatic carbocycles. The van der Waals surface area contributed by atoms with Gasteiger partial charge in [-0.05, 0) is 31.2 Å². The van der Waals surface area contributed by atoms with Crippen molar-refractivity contribution in [2.75, 3.05) is 6.54 Å². The summed E-state index contributed by atoms with van der Waals surface area (Å²) in [6, 6.07) is 10.8. The van der Waals surface area contributed by atoms with Crippen LogP contribution in [-0.4, -0.2) is 18.4 Å². The van der Waals surface area contributed by atoms with Gasteiger partial charge in [0.05, 0.1) is 10.0 Å². The monoisotopic (exact) mass is 384 g/mol. The van der Waals surface area contributed by atoms with Crippen LogP contribution in [0, 0.1) is 5.82 Å². The first-order chi connectivity index (χ1) is 11.9. The van der Waals surface area contributed by atoms with Crippen molar-refractivity contribution in [3.63, 3.8) is 0 Å². The quantitative estimate of drug-likeness (QED) is 0.546. The summed E-state index contributed by atoms with van der Waals surface area (Å²) in [5.74, 6) is -1.38. The Morgan fingerprint density at radius 3 is 2.48 bits per heavy atom. The van der Waals surface area contributed by atoms with E-state index in [1.807, 2.05) is 0 Å². The molecule has 2 amide bonds. The van der Waals surface area contributed by atoms with Crippen LogP contribution < -0.4 is 16.2 Å². The number of carbonyl (C=O) groups excluding carboxylic acids is 2. The lowest BCUT2D eigenvalue weighted by Gasteiger charge is -2.13. The number of hydrogen-bond acceptors (Lipinski definition) is 2. The molecule has 0 fully saturated rings. The topological polar surface area (TPSA) is 74.8 Å². The van der Waals surface area contributed by atoms with E-state index in [4.69, 9.17) is 23.2 Å². The van der Waals surface area contributed by atoms with Crippen LogP contribution >= 0.6 is 23.2 Å². The van der Waals surface area contributed by atoms with Gasteiger partial charge in [-0.3, -0.25) is 20.4 Å². The standard InChI is InChI=1S/C17H16Cl2FN3O2/c1-10(12-7-15(20)14(19)8-13(12)18)21-9-16(24)22-23-17(25)11-5-3-2-4-6-11/h2-8,10,21H,9H2,1H3,(H,22,24)(H,23,25)/p+1/t10-/m0/s1. The lowest BCUT2D eigenvalue weighted by atomic mass is 10.1. The molecule has 0 aliphatic heterocycles. The molecule has 2 aromatic carbocycles. The number of quaternary nitrogens is 1. The van der Waals surface area contributed by atoms with Crippen LogP contribution in [0.2, 0.25) is 10.0 Å². The van der Waals surface area contributed by atoms with Crippen LogP contribution in [0.4, 0.5) is 4.39 Å². The third-order valence-electron chi connectivity index (χ3n) is 3.54. The molecule has 2 aromatic rings. The van der Waals surface area contributed by atoms with Crippen molar-refractivity contribution in [3.05, 3.63) is 69.5 Å². The van der Waals surface area contributed by atoms with Crippen molar-refractivity contribution >= 4 is 35.0 Å². The van der Waals surface area contributed by atoms with Crippen molar-refractivity contribution < 1.29 is 19.3 Å². The molecule has 1 atom stereocenters. The second-order valence-corrected chi connectivity index (χ2v) is 6.20. The smallest absolute Gasteiger partial charge is 0.293 e. The molecule has 0 radical (unpaired) electrons. The fourth-order valence-electron chi connectivity index (χ4n) is 2.14. The van der Waals surface area contributed by atoms with Crippen molar-refractivity contribution in [1.82, 2.24) is 10.9 Å². The van der Waals surface area contributed by atoms with E-state index < -0.39 is 17.6 Å². The average molecular weight is 385 g/mol. The normalized spacial score (nSPS) is 11.7. The Hall–Kier alpha value is -2.15. The zero-order valence-corrected chi connectivity index (χ0v) is 14.9. The molecule has 0 heterocycles. The maximum absolute atomic E-state index is 13.6. The summed E-state index contributed by atoms with van der Waals surface area (Å²) in [5, 5.41) is 1.94. The molecule has 0 aromatic heterocycles. The highest BCUT2D eigenvalue weighted by Gasteiger charge is 2.17. The molecule has 0 unspecified atom stereocenters. The Labute approximate surface area is 154 Å². The second-order valence-electron chi connectivity index (χ2n) is 5.38. The first-order valence-electron chi connectivity index (χ1n) is 7.50. The van der Waals surface area contributed by atoms with Gasteiger partial charge in [0.1, 0.15) is 11.9 Å². The fraction of sp³-hybridized carbons (Fsp3) is 0.176. The molecule has 25 heavy (non-hydrogen) atoms. The molecule has 0 aliphatic rings. The number of rotatable bonds is 5. The van der Waals surface area contributed by atoms with Crippen molar-refractivity contribution in [3.8, 4) is 0 Å². The van der Waals surface area contributed by atoms with E-state index in [9.17, 15) is 14.0 Å². The van der Waals surface area contributed by atoms with Gasteiger partial charge in [-0.1, -0.05) is 41.4 Å². The lowest BCUT2D eigenvalue weighted by molar-refractivity contribution is -0.682. The second kappa shape index (κ2) is 8.80. The molecule has 132 valence electrons. The van der Waals surface area contributed by atoms with Crippen LogP contribution in [0.25, 0.3) is 0 Å². The predicted molar refractivity (Wildman–Crippen MR) is 93.7 cm³/mol. The van der Waals surface area contributed by atoms with Gasteiger partial charge in [0.15, 0.2) is 6.54 Å². The number of nitrogens with one attached hydrogen (secondary N) is 2. The van der Waals surface area contributed by atoms with Crippen molar-refractivity contribution in [2.45, 2.75) is 13.0 Å². The SMILES string of the molecule is C[C@H]([NH2+]CC(=O)NNC(=O)c1ccccc1)c1cc(F)c(Cl)cc1Cl. The molecule has 0 spiro atoms. The molecule has 0 bridgehead atoms. The van der Waals surface area contributed by atoms with Gasteiger partial charge >= 0.3 is 0 Å². The van der Waals surface area contributed by atoms with E-state index >= 15 is 0 Å². The van der Waals surface area contributed by atoms with Crippen LogP contribution in [0.1, 0.15) is 28.9 Å². The molecule has 5 nitrogen and oxygen atoms in total. The highest BCUT2D eigenvalue weighted by atomic mass is 35.5. The zero-order valence-electron chi connectivity index (χ0n) is 13.4. The number of amides is 2. The van der Waals surface area contributed by atoms with Gasteiger partial charge in [0, 0.05) is 11.1 Å². The van der Waals surface area contributed by atoms with E-state index in [0.29, 0.717) is 16.1 Å². The number of nitrogens with two attached hydrogens (primary N) is 1. The van der Waals surface area contributed by atoms with Crippen LogP contribution in [0.15, 0.2) is 42.5 Å². The van der Waals surface area contributed by atoms with Crippen LogP contribution in [0.5, 0.6) is 0 Å². The Bertz CT molecular complexity index is 772. The summed E-state index contributed by atoms with van der Waals surface area (Å²) in [6.07, 6.45) is 0. The van der Waals surface area contributed by atoms with Crippen LogP contribution in [-0.2, 0) is 4.79 Å². The van der Waals surface area contributed by atoms with E-state index in [2.05, 4.69) is 10.9 Å². The third-order valence-corrected chi connectivity index (χ3v) is 4.16. The van der Waals surface area contributed by atoms with Crippen LogP contribution in [0.3, 0.4) is 0 Å². The Morgan fingerprint density at radius 1 is 1.12 bits per heavy atom. The number of benzene rings is 2. The molecule has 0 saturated carbocycles. The van der Waals surface area contributed by atoms with E-state index in [0.717, 1.165) is 0 Å². The minimum atomic E-state index is -0.569. The number of hydrazine groups is 1. The largest absolute Gasteiger partial charge is 0.332 e. The average Bonchev–Trinajstić information content (AvgIpc) is 2.61.